The first kappa shape index (κ1) is 22.3. The number of ether oxygens (including phenoxy) is 1. The van der Waals surface area contributed by atoms with Crippen molar-refractivity contribution < 1.29 is 31.9 Å². The smallest absolute Gasteiger partial charge is 0.422 e. The number of carbonyl (C=O) groups is 2. The number of aromatic nitrogens is 2. The van der Waals surface area contributed by atoms with E-state index in [4.69, 9.17) is 4.74 Å². The van der Waals surface area contributed by atoms with Crippen LogP contribution in [-0.2, 0) is 9.59 Å². The molecule has 1 fully saturated rings. The van der Waals surface area contributed by atoms with E-state index >= 15 is 0 Å². The summed E-state index contributed by atoms with van der Waals surface area (Å²) >= 11 is 0. The second kappa shape index (κ2) is 8.93. The van der Waals surface area contributed by atoms with Crippen molar-refractivity contribution in [1.82, 2.24) is 15.1 Å². The first-order valence-electron chi connectivity index (χ1n) is 9.91. The van der Waals surface area contributed by atoms with Gasteiger partial charge in [-0.25, -0.2) is 9.07 Å². The van der Waals surface area contributed by atoms with Gasteiger partial charge in [-0.1, -0.05) is 18.2 Å². The van der Waals surface area contributed by atoms with Gasteiger partial charge >= 0.3 is 6.18 Å². The Morgan fingerprint density at radius 1 is 1.18 bits per heavy atom. The Morgan fingerprint density at radius 2 is 1.97 bits per heavy atom. The minimum atomic E-state index is -4.49. The Labute approximate surface area is 185 Å². The lowest BCUT2D eigenvalue weighted by Gasteiger charge is -2.11. The van der Waals surface area contributed by atoms with Gasteiger partial charge in [0.2, 0.25) is 11.8 Å². The Morgan fingerprint density at radius 3 is 2.67 bits per heavy atom. The molecule has 1 aliphatic heterocycles. The third-order valence-corrected chi connectivity index (χ3v) is 4.89. The van der Waals surface area contributed by atoms with Crippen molar-refractivity contribution in [2.75, 3.05) is 18.5 Å². The number of benzene rings is 2. The van der Waals surface area contributed by atoms with Crippen molar-refractivity contribution in [2.24, 2.45) is 5.92 Å². The van der Waals surface area contributed by atoms with Crippen LogP contribution in [0.3, 0.4) is 0 Å². The predicted octanol–water partition coefficient (Wildman–Crippen LogP) is 3.69. The number of nitrogens with zero attached hydrogens (tertiary/aromatic N) is 2. The van der Waals surface area contributed by atoms with Gasteiger partial charge in [0.25, 0.3) is 0 Å². The maximum Gasteiger partial charge on any atom is 0.422 e. The Bertz CT molecular complexity index is 1190. The third kappa shape index (κ3) is 5.48. The van der Waals surface area contributed by atoms with E-state index in [2.05, 4.69) is 15.7 Å². The van der Waals surface area contributed by atoms with Crippen LogP contribution in [0, 0.1) is 11.7 Å². The molecule has 7 nitrogen and oxygen atoms in total. The lowest BCUT2D eigenvalue weighted by Crippen LogP contribution is -2.24. The molecule has 0 unspecified atom stereocenters. The number of halogens is 4. The van der Waals surface area contributed by atoms with Crippen LogP contribution in [0.2, 0.25) is 0 Å². The van der Waals surface area contributed by atoms with E-state index in [1.54, 1.807) is 12.1 Å². The van der Waals surface area contributed by atoms with Crippen LogP contribution in [0.25, 0.3) is 16.9 Å². The largest absolute Gasteiger partial charge is 0.484 e. The molecule has 4 rings (SSSR count). The van der Waals surface area contributed by atoms with Gasteiger partial charge in [0, 0.05) is 24.6 Å². The van der Waals surface area contributed by atoms with Gasteiger partial charge in [0.05, 0.1) is 17.3 Å². The van der Waals surface area contributed by atoms with E-state index in [0.717, 1.165) is 0 Å². The maximum absolute atomic E-state index is 13.8. The van der Waals surface area contributed by atoms with Crippen LogP contribution in [-0.4, -0.2) is 40.9 Å². The zero-order chi connectivity index (χ0) is 23.6. The predicted molar refractivity (Wildman–Crippen MR) is 110 cm³/mol. The molecule has 1 aliphatic rings. The second-order valence-electron chi connectivity index (χ2n) is 7.43. The number of hydrogen-bond acceptors (Lipinski definition) is 4. The first-order chi connectivity index (χ1) is 15.7. The number of alkyl halides is 3. The number of amides is 2. The quantitative estimate of drug-likeness (QED) is 0.548. The van der Waals surface area contributed by atoms with Gasteiger partial charge in [-0.15, -0.1) is 5.10 Å². The number of hydrogen-bond donors (Lipinski definition) is 2. The Kier molecular flexibility index (Phi) is 6.03. The van der Waals surface area contributed by atoms with Crippen molar-refractivity contribution in [3.05, 3.63) is 60.4 Å². The molecule has 2 amide bonds. The summed E-state index contributed by atoms with van der Waals surface area (Å²) in [6.07, 6.45) is -4.44. The lowest BCUT2D eigenvalue weighted by atomic mass is 10.1. The van der Waals surface area contributed by atoms with Gasteiger partial charge in [0.1, 0.15) is 11.6 Å². The third-order valence-electron chi connectivity index (χ3n) is 4.89. The summed E-state index contributed by atoms with van der Waals surface area (Å²) in [5.74, 6) is -1.59. The van der Waals surface area contributed by atoms with E-state index in [1.807, 2.05) is 0 Å². The number of nitrogens with one attached hydrogen (secondary N) is 2. The molecule has 1 atom stereocenters. The van der Waals surface area contributed by atoms with E-state index in [9.17, 15) is 27.2 Å². The highest BCUT2D eigenvalue weighted by atomic mass is 19.4. The molecule has 0 aliphatic carbocycles. The second-order valence-corrected chi connectivity index (χ2v) is 7.43. The van der Waals surface area contributed by atoms with Crippen molar-refractivity contribution in [2.45, 2.75) is 12.6 Å². The number of anilines is 1. The molecule has 172 valence electrons. The summed E-state index contributed by atoms with van der Waals surface area (Å²) < 4.78 is 57.6. The van der Waals surface area contributed by atoms with Crippen molar-refractivity contribution in [1.29, 1.82) is 0 Å². The van der Waals surface area contributed by atoms with E-state index in [1.165, 1.54) is 47.1 Å². The molecule has 2 aromatic carbocycles. The topological polar surface area (TPSA) is 85.2 Å². The van der Waals surface area contributed by atoms with Crippen LogP contribution in [0.15, 0.2) is 54.6 Å². The van der Waals surface area contributed by atoms with Gasteiger partial charge in [-0.3, -0.25) is 9.59 Å². The van der Waals surface area contributed by atoms with Crippen LogP contribution in [0.1, 0.15) is 6.42 Å². The van der Waals surface area contributed by atoms with Crippen LogP contribution < -0.4 is 15.4 Å². The van der Waals surface area contributed by atoms with Gasteiger partial charge in [-0.2, -0.15) is 13.2 Å². The lowest BCUT2D eigenvalue weighted by molar-refractivity contribution is -0.153. The van der Waals surface area contributed by atoms with Crippen molar-refractivity contribution in [3.63, 3.8) is 0 Å². The molecule has 3 aromatic rings. The van der Waals surface area contributed by atoms with Crippen LogP contribution >= 0.6 is 0 Å². The monoisotopic (exact) mass is 462 g/mol. The molecule has 0 spiro atoms. The fraction of sp³-hybridized carbons (Fsp3) is 0.227. The van der Waals surface area contributed by atoms with Crippen LogP contribution in [0.5, 0.6) is 5.75 Å². The van der Waals surface area contributed by atoms with Gasteiger partial charge < -0.3 is 15.4 Å². The molecule has 1 saturated heterocycles. The molecule has 33 heavy (non-hydrogen) atoms. The summed E-state index contributed by atoms with van der Waals surface area (Å²) in [4.78, 5) is 23.9. The average Bonchev–Trinajstić information content (AvgIpc) is 3.38. The minimum Gasteiger partial charge on any atom is -0.484 e. The maximum atomic E-state index is 13.8. The molecule has 2 N–H and O–H groups in total. The van der Waals surface area contributed by atoms with Gasteiger partial charge in [0.15, 0.2) is 12.4 Å². The molecule has 2 heterocycles. The Balaban J connectivity index is 1.67. The first-order valence-corrected chi connectivity index (χ1v) is 9.91. The number of carbonyl (C=O) groups excluding carboxylic acids is 2. The highest BCUT2D eigenvalue weighted by molar-refractivity contribution is 5.97. The number of rotatable bonds is 6. The van der Waals surface area contributed by atoms with E-state index in [-0.39, 0.29) is 30.4 Å². The normalized spacial score (nSPS) is 15.9. The molecular weight excluding hydrogens is 444 g/mol. The fourth-order valence-corrected chi connectivity index (χ4v) is 3.38. The fourth-order valence-electron chi connectivity index (χ4n) is 3.38. The molecular formula is C22H18F4N4O3. The molecule has 1 aromatic heterocycles. The summed E-state index contributed by atoms with van der Waals surface area (Å²) in [5.41, 5.74) is 1.16. The van der Waals surface area contributed by atoms with Crippen molar-refractivity contribution in [3.8, 4) is 22.7 Å². The standard InChI is InChI=1S/C22H18F4N4O3/c23-15-4-2-5-16(9-15)30-18(13-3-1-6-17(7-13)33-12-22(24,25)26)10-19(29-30)28-21(32)14-8-20(31)27-11-14/h1-7,9-10,14H,8,11-12H2,(H,27,31)(H,28,29,32)/t14-/m1/s1. The highest BCUT2D eigenvalue weighted by Crippen LogP contribution is 2.30. The van der Waals surface area contributed by atoms with Crippen LogP contribution in [0.4, 0.5) is 23.4 Å². The SMILES string of the molecule is O=C1C[C@@H](C(=O)Nc2cc(-c3cccc(OCC(F)(F)F)c3)n(-c3cccc(F)c3)n2)CN1. The van der Waals surface area contributed by atoms with Gasteiger partial charge in [-0.05, 0) is 30.3 Å². The molecule has 0 bridgehead atoms. The molecule has 0 saturated carbocycles. The van der Waals surface area contributed by atoms with Crippen molar-refractivity contribution >= 4 is 17.6 Å². The molecule has 11 heteroatoms. The Hall–Kier alpha value is -3.89. The molecule has 0 radical (unpaired) electrons. The van der Waals surface area contributed by atoms with E-state index in [0.29, 0.717) is 16.9 Å². The summed E-state index contributed by atoms with van der Waals surface area (Å²) in [6.45, 7) is -1.24. The zero-order valence-electron chi connectivity index (χ0n) is 17.0. The minimum absolute atomic E-state index is 0.0158. The summed E-state index contributed by atoms with van der Waals surface area (Å²) in [5, 5.41) is 9.56. The summed E-state index contributed by atoms with van der Waals surface area (Å²) in [6, 6.07) is 13.0. The highest BCUT2D eigenvalue weighted by Gasteiger charge is 2.29. The zero-order valence-corrected chi connectivity index (χ0v) is 17.0. The summed E-state index contributed by atoms with van der Waals surface area (Å²) in [7, 11) is 0. The average molecular weight is 462 g/mol. The van der Waals surface area contributed by atoms with E-state index < -0.39 is 30.4 Å².